The molecule has 39 valence electrons. The summed E-state index contributed by atoms with van der Waals surface area (Å²) >= 11 is 0. The summed E-state index contributed by atoms with van der Waals surface area (Å²) in [5, 5.41) is 3.97. The van der Waals surface area contributed by atoms with Gasteiger partial charge in [-0.3, -0.25) is 0 Å². The van der Waals surface area contributed by atoms with E-state index in [0.29, 0.717) is 0 Å². The Balaban J connectivity index is 0. The summed E-state index contributed by atoms with van der Waals surface area (Å²) in [5.41, 5.74) is 0. The molecule has 0 atom stereocenters. The van der Waals surface area contributed by atoms with Crippen LogP contribution in [0.25, 0.3) is 5.32 Å². The smallest absolute Gasteiger partial charge is 0.663 e. The van der Waals surface area contributed by atoms with Crippen molar-refractivity contribution in [3.63, 3.8) is 0 Å². The van der Waals surface area contributed by atoms with Gasteiger partial charge in [0.15, 0.2) is 0 Å². The van der Waals surface area contributed by atoms with E-state index in [0.717, 1.165) is 13.1 Å². The van der Waals surface area contributed by atoms with E-state index < -0.39 is 0 Å². The van der Waals surface area contributed by atoms with Crippen LogP contribution in [0.1, 0.15) is 13.8 Å². The van der Waals surface area contributed by atoms with Crippen LogP contribution in [0.5, 0.6) is 0 Å². The Morgan fingerprint density at radius 3 is 1.50 bits per heavy atom. The maximum atomic E-state index is 3.97. The van der Waals surface area contributed by atoms with Crippen molar-refractivity contribution < 1.29 is 19.5 Å². The van der Waals surface area contributed by atoms with Crippen LogP contribution in [0, 0.1) is 0 Å². The summed E-state index contributed by atoms with van der Waals surface area (Å²) in [6.45, 7) is 6.03. The van der Waals surface area contributed by atoms with Gasteiger partial charge in [-0.05, 0) is 0 Å². The molecule has 0 aromatic carbocycles. The van der Waals surface area contributed by atoms with Gasteiger partial charge < -0.3 is 5.32 Å². The minimum atomic E-state index is 0. The fraction of sp³-hybridized carbons (Fsp3) is 1.00. The second-order valence-corrected chi connectivity index (χ2v) is 0.856. The molecule has 0 amide bonds. The SMILES string of the molecule is CC[N-]CC.[Ru+]. The molecule has 0 aromatic heterocycles. The van der Waals surface area contributed by atoms with E-state index in [1.807, 2.05) is 13.8 Å². The minimum Gasteiger partial charge on any atom is -0.663 e. The molecule has 1 radical (unpaired) electrons. The van der Waals surface area contributed by atoms with Crippen molar-refractivity contribution in [3.05, 3.63) is 5.32 Å². The van der Waals surface area contributed by atoms with E-state index in [1.54, 1.807) is 0 Å². The van der Waals surface area contributed by atoms with E-state index in [9.17, 15) is 0 Å². The molecule has 0 unspecified atom stereocenters. The van der Waals surface area contributed by atoms with Crippen molar-refractivity contribution in [1.82, 2.24) is 0 Å². The first-order chi connectivity index (χ1) is 2.41. The Morgan fingerprint density at radius 2 is 1.50 bits per heavy atom. The average molecular weight is 173 g/mol. The largest absolute Gasteiger partial charge is 1.00 e. The molecule has 0 fully saturated rings. The molecule has 0 N–H and O–H groups in total. The molecular weight excluding hydrogens is 163 g/mol. The summed E-state index contributed by atoms with van der Waals surface area (Å²) < 4.78 is 0. The second kappa shape index (κ2) is 9.13. The van der Waals surface area contributed by atoms with Gasteiger partial charge in [-0.15, -0.1) is 0 Å². The van der Waals surface area contributed by atoms with Gasteiger partial charge in [0.05, 0.1) is 0 Å². The average Bonchev–Trinajstić information content (AvgIpc) is 1.41. The van der Waals surface area contributed by atoms with Crippen molar-refractivity contribution in [2.45, 2.75) is 13.8 Å². The number of hydrogen-bond acceptors (Lipinski definition) is 0. The maximum Gasteiger partial charge on any atom is 1.00 e. The number of rotatable bonds is 2. The molecule has 0 saturated carbocycles. The fourth-order valence-electron chi connectivity index (χ4n) is 0.224. The second-order valence-electron chi connectivity index (χ2n) is 0.856. The van der Waals surface area contributed by atoms with Gasteiger partial charge in [0.1, 0.15) is 0 Å². The van der Waals surface area contributed by atoms with Gasteiger partial charge in [0, 0.05) is 0 Å². The van der Waals surface area contributed by atoms with Gasteiger partial charge >= 0.3 is 19.5 Å². The van der Waals surface area contributed by atoms with Crippen LogP contribution >= 0.6 is 0 Å². The summed E-state index contributed by atoms with van der Waals surface area (Å²) in [7, 11) is 0. The summed E-state index contributed by atoms with van der Waals surface area (Å²) in [6, 6.07) is 0. The van der Waals surface area contributed by atoms with Crippen LogP contribution in [0.4, 0.5) is 0 Å². The first-order valence-electron chi connectivity index (χ1n) is 2.05. The van der Waals surface area contributed by atoms with Crippen molar-refractivity contribution in [2.24, 2.45) is 0 Å². The molecule has 0 rings (SSSR count). The Kier molecular flexibility index (Phi) is 14.9. The third-order valence-corrected chi connectivity index (χ3v) is 0.447. The predicted molar refractivity (Wildman–Crippen MR) is 24.4 cm³/mol. The molecule has 0 aliphatic rings. The summed E-state index contributed by atoms with van der Waals surface area (Å²) in [4.78, 5) is 0. The Labute approximate surface area is 52.3 Å². The van der Waals surface area contributed by atoms with Crippen LogP contribution in [-0.4, -0.2) is 13.1 Å². The molecule has 0 aromatic rings. The predicted octanol–water partition coefficient (Wildman–Crippen LogP) is 1.40. The van der Waals surface area contributed by atoms with E-state index in [-0.39, 0.29) is 19.5 Å². The molecule has 2 heteroatoms. The Morgan fingerprint density at radius 1 is 1.17 bits per heavy atom. The molecule has 0 saturated heterocycles. The van der Waals surface area contributed by atoms with Crippen LogP contribution in [0.2, 0.25) is 0 Å². The van der Waals surface area contributed by atoms with Crippen LogP contribution in [-0.2, 0) is 19.5 Å². The van der Waals surface area contributed by atoms with Gasteiger partial charge in [0.25, 0.3) is 0 Å². The quantitative estimate of drug-likeness (QED) is 0.560. The molecule has 0 spiro atoms. The van der Waals surface area contributed by atoms with Crippen LogP contribution < -0.4 is 0 Å². The van der Waals surface area contributed by atoms with Crippen molar-refractivity contribution >= 4 is 0 Å². The van der Waals surface area contributed by atoms with E-state index >= 15 is 0 Å². The van der Waals surface area contributed by atoms with Crippen molar-refractivity contribution in [1.29, 1.82) is 0 Å². The van der Waals surface area contributed by atoms with Gasteiger partial charge in [-0.2, -0.15) is 13.1 Å². The molecule has 1 nitrogen and oxygen atoms in total. The number of nitrogens with zero attached hydrogens (tertiary/aromatic N) is 1. The topological polar surface area (TPSA) is 14.1 Å². The zero-order chi connectivity index (χ0) is 4.12. The molecule has 6 heavy (non-hydrogen) atoms. The van der Waals surface area contributed by atoms with E-state index in [2.05, 4.69) is 5.32 Å². The Hall–Kier alpha value is 0.583. The van der Waals surface area contributed by atoms with Crippen molar-refractivity contribution in [2.75, 3.05) is 13.1 Å². The monoisotopic (exact) mass is 174 g/mol. The fourth-order valence-corrected chi connectivity index (χ4v) is 0.224. The van der Waals surface area contributed by atoms with E-state index in [4.69, 9.17) is 0 Å². The van der Waals surface area contributed by atoms with Gasteiger partial charge in [0.2, 0.25) is 0 Å². The molecular formula is C4H10NRu. The summed E-state index contributed by atoms with van der Waals surface area (Å²) in [5.74, 6) is 0. The zero-order valence-corrected chi connectivity index (χ0v) is 5.95. The van der Waals surface area contributed by atoms with Gasteiger partial charge in [-0.1, -0.05) is 13.8 Å². The standard InChI is InChI=1S/C4H10N.Ru/c1-3-5-4-2;/h3-4H2,1-2H3;/q-1;+1. The first-order valence-corrected chi connectivity index (χ1v) is 2.05. The van der Waals surface area contributed by atoms with Gasteiger partial charge in [-0.25, -0.2) is 0 Å². The van der Waals surface area contributed by atoms with E-state index in [1.165, 1.54) is 0 Å². The molecule has 0 aliphatic carbocycles. The van der Waals surface area contributed by atoms with Crippen LogP contribution in [0.3, 0.4) is 0 Å². The van der Waals surface area contributed by atoms with Crippen molar-refractivity contribution in [3.8, 4) is 0 Å². The molecule has 0 bridgehead atoms. The zero-order valence-electron chi connectivity index (χ0n) is 4.21. The number of hydrogen-bond donors (Lipinski definition) is 0. The third kappa shape index (κ3) is 8.82. The maximum absolute atomic E-state index is 3.97. The normalized spacial score (nSPS) is 7.00. The third-order valence-electron chi connectivity index (χ3n) is 0.447. The summed E-state index contributed by atoms with van der Waals surface area (Å²) in [6.07, 6.45) is 0. The van der Waals surface area contributed by atoms with Crippen LogP contribution in [0.15, 0.2) is 0 Å². The Bertz CT molecular complexity index is 15.0. The molecule has 0 heterocycles. The molecule has 0 aliphatic heterocycles. The minimum absolute atomic E-state index is 0. The first kappa shape index (κ1) is 9.77.